The van der Waals surface area contributed by atoms with Gasteiger partial charge in [-0.2, -0.15) is 0 Å². The van der Waals surface area contributed by atoms with Crippen LogP contribution < -0.4 is 5.32 Å². The predicted octanol–water partition coefficient (Wildman–Crippen LogP) is 0.106. The van der Waals surface area contributed by atoms with Crippen LogP contribution in [0.3, 0.4) is 0 Å². The molecule has 3 rings (SSSR count). The Balaban J connectivity index is 1.54. The summed E-state index contributed by atoms with van der Waals surface area (Å²) < 4.78 is 29.0. The maximum Gasteiger partial charge on any atom is 0.193 e. The number of hydrogen-bond acceptors (Lipinski definition) is 4. The van der Waals surface area contributed by atoms with Gasteiger partial charge in [-0.15, -0.1) is 0 Å². The summed E-state index contributed by atoms with van der Waals surface area (Å²) in [6.45, 7) is 4.07. The minimum absolute atomic E-state index is 0.164. The zero-order valence-corrected chi connectivity index (χ0v) is 13.6. The molecule has 0 radical (unpaired) electrons. The second-order valence-corrected chi connectivity index (χ2v) is 8.71. The molecule has 0 aromatic rings. The fourth-order valence-electron chi connectivity index (χ4n) is 3.93. The van der Waals surface area contributed by atoms with E-state index in [1.165, 1.54) is 12.8 Å². The molecule has 0 amide bonds. The molecule has 21 heavy (non-hydrogen) atoms. The highest BCUT2D eigenvalue weighted by molar-refractivity contribution is 7.91. The highest BCUT2D eigenvalue weighted by atomic mass is 32.2. The lowest BCUT2D eigenvalue weighted by Gasteiger charge is -2.23. The van der Waals surface area contributed by atoms with E-state index in [-0.39, 0.29) is 11.5 Å². The maximum atomic E-state index is 11.5. The first-order chi connectivity index (χ1) is 10.0. The second-order valence-electron chi connectivity index (χ2n) is 6.23. The Kier molecular flexibility index (Phi) is 4.14. The molecule has 0 aromatic heterocycles. The Bertz CT molecular complexity index is 502. The minimum atomic E-state index is -2.93. The van der Waals surface area contributed by atoms with Gasteiger partial charge in [0.25, 0.3) is 0 Å². The van der Waals surface area contributed by atoms with E-state index < -0.39 is 9.84 Å². The molecule has 0 spiro atoms. The van der Waals surface area contributed by atoms with E-state index in [0.717, 1.165) is 19.0 Å². The zero-order chi connectivity index (χ0) is 15.0. The number of likely N-dealkylation sites (tertiary alicyclic amines) is 1. The van der Waals surface area contributed by atoms with Gasteiger partial charge in [0.05, 0.1) is 18.0 Å². The quantitative estimate of drug-likeness (QED) is 0.589. The van der Waals surface area contributed by atoms with Gasteiger partial charge < -0.3 is 15.0 Å². The second kappa shape index (κ2) is 5.76. The zero-order valence-electron chi connectivity index (χ0n) is 12.8. The lowest BCUT2D eigenvalue weighted by atomic mass is 9.82. The molecule has 3 aliphatic rings. The molecule has 0 aromatic carbocycles. The number of hydrogen-bond donors (Lipinski definition) is 1. The van der Waals surface area contributed by atoms with E-state index in [2.05, 4.69) is 15.2 Å². The number of aliphatic imine (C=N–C) groups is 1. The van der Waals surface area contributed by atoms with Crippen molar-refractivity contribution in [2.24, 2.45) is 16.8 Å². The number of sulfone groups is 1. The van der Waals surface area contributed by atoms with Crippen LogP contribution in [-0.2, 0) is 14.6 Å². The average Bonchev–Trinajstić information content (AvgIpc) is 3.15. The van der Waals surface area contributed by atoms with E-state index in [9.17, 15) is 8.42 Å². The molecule has 2 bridgehead atoms. The molecule has 3 heterocycles. The van der Waals surface area contributed by atoms with Gasteiger partial charge in [-0.05, 0) is 12.8 Å². The fourth-order valence-corrected chi connectivity index (χ4v) is 4.63. The van der Waals surface area contributed by atoms with Gasteiger partial charge in [0.2, 0.25) is 0 Å². The maximum absolute atomic E-state index is 11.5. The summed E-state index contributed by atoms with van der Waals surface area (Å²) in [5.41, 5.74) is 0. The Morgan fingerprint density at radius 2 is 1.90 bits per heavy atom. The van der Waals surface area contributed by atoms with Crippen LogP contribution in [-0.4, -0.2) is 69.7 Å². The van der Waals surface area contributed by atoms with Crippen LogP contribution in [0.15, 0.2) is 4.99 Å². The molecule has 0 aliphatic carbocycles. The predicted molar refractivity (Wildman–Crippen MR) is 82.1 cm³/mol. The van der Waals surface area contributed by atoms with Gasteiger partial charge in [0, 0.05) is 44.3 Å². The third kappa shape index (κ3) is 2.90. The summed E-state index contributed by atoms with van der Waals surface area (Å²) in [5.74, 6) is 2.44. The highest BCUT2D eigenvalue weighted by Crippen LogP contribution is 2.47. The molecule has 6 nitrogen and oxygen atoms in total. The first-order valence-electron chi connectivity index (χ1n) is 7.85. The lowest BCUT2D eigenvalue weighted by molar-refractivity contribution is 0.0767. The standard InChI is InChI=1S/C14H25N3O3S/c1-3-21(18,19)7-6-16-14(15-2)17-8-10-11(9-17)13-5-4-12(10)20-13/h10-13H,3-9H2,1-2H3,(H,15,16). The van der Waals surface area contributed by atoms with Crippen LogP contribution in [0.1, 0.15) is 19.8 Å². The van der Waals surface area contributed by atoms with Gasteiger partial charge in [-0.25, -0.2) is 8.42 Å². The topological polar surface area (TPSA) is 71.0 Å². The van der Waals surface area contributed by atoms with E-state index in [4.69, 9.17) is 4.74 Å². The van der Waals surface area contributed by atoms with Crippen molar-refractivity contribution < 1.29 is 13.2 Å². The third-order valence-electron chi connectivity index (χ3n) is 5.10. The molecule has 1 N–H and O–H groups in total. The minimum Gasteiger partial charge on any atom is -0.374 e. The van der Waals surface area contributed by atoms with Crippen LogP contribution in [0.25, 0.3) is 0 Å². The smallest absolute Gasteiger partial charge is 0.193 e. The molecular weight excluding hydrogens is 290 g/mol. The molecule has 3 saturated heterocycles. The number of nitrogens with zero attached hydrogens (tertiary/aromatic N) is 2. The van der Waals surface area contributed by atoms with Crippen LogP contribution in [0.2, 0.25) is 0 Å². The summed E-state index contributed by atoms with van der Waals surface area (Å²) in [7, 11) is -1.17. The van der Waals surface area contributed by atoms with Crippen molar-refractivity contribution >= 4 is 15.8 Å². The van der Waals surface area contributed by atoms with E-state index in [0.29, 0.717) is 30.6 Å². The Morgan fingerprint density at radius 1 is 1.29 bits per heavy atom. The Labute approximate surface area is 126 Å². The third-order valence-corrected chi connectivity index (χ3v) is 6.81. The summed E-state index contributed by atoms with van der Waals surface area (Å²) >= 11 is 0. The monoisotopic (exact) mass is 315 g/mol. The SMILES string of the molecule is CCS(=O)(=O)CCNC(=NC)N1CC2C3CCC(O3)C2C1. The fraction of sp³-hybridized carbons (Fsp3) is 0.929. The average molecular weight is 315 g/mol. The van der Waals surface area contributed by atoms with Crippen molar-refractivity contribution in [3.05, 3.63) is 0 Å². The van der Waals surface area contributed by atoms with Crippen molar-refractivity contribution in [1.29, 1.82) is 0 Å². The number of rotatable bonds is 4. The molecule has 4 atom stereocenters. The number of guanidine groups is 1. The Hall–Kier alpha value is -0.820. The number of fused-ring (bicyclic) bond motifs is 5. The molecule has 4 unspecified atom stereocenters. The van der Waals surface area contributed by atoms with Gasteiger partial charge in [0.1, 0.15) is 0 Å². The molecule has 3 aliphatic heterocycles. The molecule has 3 fully saturated rings. The van der Waals surface area contributed by atoms with E-state index >= 15 is 0 Å². The first kappa shape index (κ1) is 15.1. The van der Waals surface area contributed by atoms with Crippen molar-refractivity contribution in [3.63, 3.8) is 0 Å². The summed E-state index contributed by atoms with van der Waals surface area (Å²) in [6, 6.07) is 0. The van der Waals surface area contributed by atoms with Crippen molar-refractivity contribution in [2.45, 2.75) is 32.0 Å². The van der Waals surface area contributed by atoms with Gasteiger partial charge in [-0.1, -0.05) is 6.92 Å². The highest BCUT2D eigenvalue weighted by Gasteiger charge is 2.53. The van der Waals surface area contributed by atoms with Crippen LogP contribution in [0.5, 0.6) is 0 Å². The number of nitrogens with one attached hydrogen (secondary N) is 1. The molecule has 0 saturated carbocycles. The van der Waals surface area contributed by atoms with Crippen LogP contribution in [0.4, 0.5) is 0 Å². The molecule has 120 valence electrons. The van der Waals surface area contributed by atoms with Crippen molar-refractivity contribution in [1.82, 2.24) is 10.2 Å². The molecular formula is C14H25N3O3S. The van der Waals surface area contributed by atoms with Gasteiger partial charge >= 0.3 is 0 Å². The summed E-state index contributed by atoms with van der Waals surface area (Å²) in [5, 5.41) is 3.20. The number of ether oxygens (including phenoxy) is 1. The van der Waals surface area contributed by atoms with Crippen molar-refractivity contribution in [2.75, 3.05) is 38.2 Å². The van der Waals surface area contributed by atoms with Crippen molar-refractivity contribution in [3.8, 4) is 0 Å². The van der Waals surface area contributed by atoms with E-state index in [1.807, 2.05) is 0 Å². The lowest BCUT2D eigenvalue weighted by Crippen LogP contribution is -2.43. The van der Waals surface area contributed by atoms with E-state index in [1.54, 1.807) is 14.0 Å². The first-order valence-corrected chi connectivity index (χ1v) is 9.67. The summed E-state index contributed by atoms with van der Waals surface area (Å²) in [4.78, 5) is 6.57. The van der Waals surface area contributed by atoms with Crippen LogP contribution >= 0.6 is 0 Å². The van der Waals surface area contributed by atoms with Gasteiger partial charge in [0.15, 0.2) is 15.8 Å². The Morgan fingerprint density at radius 3 is 2.43 bits per heavy atom. The summed E-state index contributed by atoms with van der Waals surface area (Å²) in [6.07, 6.45) is 3.26. The van der Waals surface area contributed by atoms with Crippen LogP contribution in [0, 0.1) is 11.8 Å². The van der Waals surface area contributed by atoms with Gasteiger partial charge in [-0.3, -0.25) is 4.99 Å². The largest absolute Gasteiger partial charge is 0.374 e. The normalized spacial score (nSPS) is 35.3. The molecule has 7 heteroatoms.